The summed E-state index contributed by atoms with van der Waals surface area (Å²) in [6.45, 7) is 8.95. The van der Waals surface area contributed by atoms with Crippen molar-refractivity contribution in [1.29, 1.82) is 0 Å². The van der Waals surface area contributed by atoms with Crippen LogP contribution in [0, 0.1) is 0 Å². The van der Waals surface area contributed by atoms with E-state index in [4.69, 9.17) is 4.74 Å². The molecule has 1 aromatic heterocycles. The summed E-state index contributed by atoms with van der Waals surface area (Å²) >= 11 is 0. The van der Waals surface area contributed by atoms with Crippen LogP contribution in [0.3, 0.4) is 0 Å². The van der Waals surface area contributed by atoms with E-state index in [0.29, 0.717) is 24.9 Å². The number of ether oxygens (including phenoxy) is 1. The number of anilines is 2. The van der Waals surface area contributed by atoms with Crippen molar-refractivity contribution in [3.8, 4) is 0 Å². The number of benzene rings is 1. The zero-order chi connectivity index (χ0) is 21.8. The van der Waals surface area contributed by atoms with E-state index in [1.807, 2.05) is 24.3 Å². The molecule has 0 unspecified atom stereocenters. The summed E-state index contributed by atoms with van der Waals surface area (Å²) in [6, 6.07) is 11.6. The van der Waals surface area contributed by atoms with Gasteiger partial charge in [-0.1, -0.05) is 12.1 Å². The molecule has 31 heavy (non-hydrogen) atoms. The van der Waals surface area contributed by atoms with Crippen LogP contribution in [0.5, 0.6) is 0 Å². The molecule has 0 bridgehead atoms. The molecule has 1 aromatic carbocycles. The predicted molar refractivity (Wildman–Crippen MR) is 122 cm³/mol. The Morgan fingerprint density at radius 2 is 1.87 bits per heavy atom. The second kappa shape index (κ2) is 9.52. The minimum Gasteiger partial charge on any atom is -0.378 e. The molecule has 9 heteroatoms. The Bertz CT molecular complexity index is 960. The molecule has 0 amide bonds. The van der Waals surface area contributed by atoms with E-state index in [2.05, 4.69) is 27.0 Å². The van der Waals surface area contributed by atoms with Gasteiger partial charge in [-0.15, -0.1) is 0 Å². The van der Waals surface area contributed by atoms with Gasteiger partial charge in [0.2, 0.25) is 0 Å². The highest BCUT2D eigenvalue weighted by molar-refractivity contribution is 7.92. The molecular formula is C22H31N5O3S. The Morgan fingerprint density at radius 1 is 1.13 bits per heavy atom. The average molecular weight is 446 g/mol. The van der Waals surface area contributed by atoms with Crippen molar-refractivity contribution in [2.24, 2.45) is 0 Å². The Labute approximate surface area is 184 Å². The number of nitrogens with one attached hydrogen (secondary N) is 1. The molecule has 2 saturated heterocycles. The molecule has 2 aliphatic heterocycles. The summed E-state index contributed by atoms with van der Waals surface area (Å²) in [5.41, 5.74) is 1.81. The number of hydrogen-bond acceptors (Lipinski definition) is 7. The van der Waals surface area contributed by atoms with Crippen LogP contribution in [-0.4, -0.2) is 77.3 Å². The number of rotatable bonds is 6. The summed E-state index contributed by atoms with van der Waals surface area (Å²) in [5.74, 6) is 0.775. The zero-order valence-electron chi connectivity index (χ0n) is 18.2. The molecule has 0 saturated carbocycles. The van der Waals surface area contributed by atoms with Crippen LogP contribution in [-0.2, 0) is 21.3 Å². The number of nitrogens with zero attached hydrogens (tertiary/aromatic N) is 4. The summed E-state index contributed by atoms with van der Waals surface area (Å²) in [7, 11) is -2.10. The maximum Gasteiger partial charge on any atom is 0.265 e. The van der Waals surface area contributed by atoms with Crippen molar-refractivity contribution < 1.29 is 13.2 Å². The first-order valence-corrected chi connectivity index (χ1v) is 12.2. The molecule has 2 aliphatic rings. The first-order valence-electron chi connectivity index (χ1n) is 10.8. The van der Waals surface area contributed by atoms with E-state index in [9.17, 15) is 8.42 Å². The topological polar surface area (TPSA) is 78.0 Å². The van der Waals surface area contributed by atoms with Crippen molar-refractivity contribution in [3.63, 3.8) is 0 Å². The van der Waals surface area contributed by atoms with Crippen molar-refractivity contribution in [3.05, 3.63) is 48.2 Å². The quantitative estimate of drug-likeness (QED) is 0.723. The predicted octanol–water partition coefficient (Wildman–Crippen LogP) is 1.54. The lowest BCUT2D eigenvalue weighted by molar-refractivity contribution is 0.122. The fraction of sp³-hybridized carbons (Fsp3) is 0.500. The van der Waals surface area contributed by atoms with Crippen LogP contribution in [0.25, 0.3) is 0 Å². The molecule has 3 heterocycles. The first-order chi connectivity index (χ1) is 14.9. The third-order valence-electron chi connectivity index (χ3n) is 5.87. The summed E-state index contributed by atoms with van der Waals surface area (Å²) in [6.07, 6.45) is 1.44. The third kappa shape index (κ3) is 5.17. The maximum atomic E-state index is 13.1. The Balaban J connectivity index is 1.43. The molecule has 168 valence electrons. The maximum absolute atomic E-state index is 13.1. The highest BCUT2D eigenvalue weighted by Gasteiger charge is 2.23. The Morgan fingerprint density at radius 3 is 2.52 bits per heavy atom. The van der Waals surface area contributed by atoms with Crippen LogP contribution in [0.4, 0.5) is 11.5 Å². The average Bonchev–Trinajstić information content (AvgIpc) is 2.80. The lowest BCUT2D eigenvalue weighted by atomic mass is 10.1. The number of morpholine rings is 1. The van der Waals surface area contributed by atoms with Crippen LogP contribution >= 0.6 is 0 Å². The second-order valence-corrected chi connectivity index (χ2v) is 10.2. The molecule has 0 aliphatic carbocycles. The summed E-state index contributed by atoms with van der Waals surface area (Å²) in [5, 5.41) is 3.45. The second-order valence-electron chi connectivity index (χ2n) is 8.18. The van der Waals surface area contributed by atoms with Gasteiger partial charge in [0.1, 0.15) is 10.7 Å². The number of piperazine rings is 1. The molecule has 2 aromatic rings. The fourth-order valence-electron chi connectivity index (χ4n) is 4.03. The monoisotopic (exact) mass is 445 g/mol. The van der Waals surface area contributed by atoms with E-state index < -0.39 is 10.0 Å². The first kappa shape index (κ1) is 22.0. The molecule has 0 spiro atoms. The molecule has 1 N–H and O–H groups in total. The van der Waals surface area contributed by atoms with E-state index >= 15 is 0 Å². The van der Waals surface area contributed by atoms with E-state index in [-0.39, 0.29) is 4.90 Å². The van der Waals surface area contributed by atoms with Gasteiger partial charge in [-0.2, -0.15) is 0 Å². The van der Waals surface area contributed by atoms with Crippen LogP contribution in [0.2, 0.25) is 0 Å². The van der Waals surface area contributed by atoms with Crippen LogP contribution in [0.15, 0.2) is 47.5 Å². The molecule has 2 fully saturated rings. The van der Waals surface area contributed by atoms with Crippen LogP contribution < -0.4 is 14.5 Å². The van der Waals surface area contributed by atoms with E-state index in [1.165, 1.54) is 16.1 Å². The van der Waals surface area contributed by atoms with Crippen molar-refractivity contribution in [2.75, 3.05) is 62.2 Å². The van der Waals surface area contributed by atoms with Gasteiger partial charge in [0.05, 0.1) is 18.9 Å². The minimum absolute atomic E-state index is 0.186. The van der Waals surface area contributed by atoms with Crippen molar-refractivity contribution in [1.82, 2.24) is 15.2 Å². The van der Waals surface area contributed by atoms with Gasteiger partial charge in [0.25, 0.3) is 10.0 Å². The van der Waals surface area contributed by atoms with Crippen LogP contribution in [0.1, 0.15) is 12.5 Å². The van der Waals surface area contributed by atoms with Gasteiger partial charge in [0.15, 0.2) is 0 Å². The normalized spacial score (nSPS) is 20.6. The number of sulfonamides is 1. The highest BCUT2D eigenvalue weighted by atomic mass is 32.2. The molecule has 1 atom stereocenters. The molecule has 0 radical (unpaired) electrons. The SMILES string of the molecule is C[C@H]1CN(Cc2ccc(N(C)S(=O)(=O)c3ccc(N4CCOCC4)nc3)cc2)CCN1. The van der Waals surface area contributed by atoms with Crippen molar-refractivity contribution >= 4 is 21.5 Å². The molecule has 4 rings (SSSR count). The highest BCUT2D eigenvalue weighted by Crippen LogP contribution is 2.24. The Hall–Kier alpha value is -2.20. The van der Waals surface area contributed by atoms with Gasteiger partial charge in [-0.25, -0.2) is 13.4 Å². The fourth-order valence-corrected chi connectivity index (χ4v) is 5.17. The summed E-state index contributed by atoms with van der Waals surface area (Å²) < 4.78 is 32.9. The molecular weight excluding hydrogens is 414 g/mol. The standard InChI is InChI=1S/C22H31N5O3S/c1-18-16-26(10-9-23-18)17-19-3-5-20(6-4-19)25(2)31(28,29)21-7-8-22(24-15-21)27-11-13-30-14-12-27/h3-8,15,18,23H,9-14,16-17H2,1-2H3/t18-/m0/s1. The van der Waals surface area contributed by atoms with Gasteiger partial charge in [0, 0.05) is 58.6 Å². The largest absolute Gasteiger partial charge is 0.378 e. The Kier molecular flexibility index (Phi) is 6.76. The zero-order valence-corrected chi connectivity index (χ0v) is 19.0. The van der Waals surface area contributed by atoms with Gasteiger partial charge >= 0.3 is 0 Å². The third-order valence-corrected chi connectivity index (χ3v) is 7.64. The van der Waals surface area contributed by atoms with E-state index in [1.54, 1.807) is 19.2 Å². The lowest BCUT2D eigenvalue weighted by Crippen LogP contribution is -2.48. The minimum atomic E-state index is -3.68. The molecule has 8 nitrogen and oxygen atoms in total. The van der Waals surface area contributed by atoms with Gasteiger partial charge in [-0.05, 0) is 36.8 Å². The smallest absolute Gasteiger partial charge is 0.265 e. The number of aromatic nitrogens is 1. The van der Waals surface area contributed by atoms with Gasteiger partial charge < -0.3 is 15.0 Å². The number of pyridine rings is 1. The van der Waals surface area contributed by atoms with E-state index in [0.717, 1.165) is 45.1 Å². The number of hydrogen-bond donors (Lipinski definition) is 1. The van der Waals surface area contributed by atoms with Gasteiger partial charge in [-0.3, -0.25) is 9.21 Å². The van der Waals surface area contributed by atoms with Crippen molar-refractivity contribution in [2.45, 2.75) is 24.4 Å². The lowest BCUT2D eigenvalue weighted by Gasteiger charge is -2.31. The summed E-state index contributed by atoms with van der Waals surface area (Å²) in [4.78, 5) is 9.08.